The van der Waals surface area contributed by atoms with E-state index < -0.39 is 11.1 Å². The number of imidazole rings is 1. The first-order valence-electron chi connectivity index (χ1n) is 10.1. The van der Waals surface area contributed by atoms with Crippen LogP contribution in [-0.4, -0.2) is 33.4 Å². The molecule has 0 saturated carbocycles. The second-order valence-electron chi connectivity index (χ2n) is 7.27. The molecule has 5 nitrogen and oxygen atoms in total. The fourth-order valence-electron chi connectivity index (χ4n) is 3.47. The third kappa shape index (κ3) is 4.74. The third-order valence-corrected chi connectivity index (χ3v) is 6.19. The highest BCUT2D eigenvalue weighted by atomic mass is 32.2. The van der Waals surface area contributed by atoms with Crippen LogP contribution in [0.2, 0.25) is 0 Å². The molecule has 0 spiro atoms. The van der Waals surface area contributed by atoms with Gasteiger partial charge in [-0.3, -0.25) is 4.79 Å². The smallest absolute Gasteiger partial charge is 0.237 e. The summed E-state index contributed by atoms with van der Waals surface area (Å²) in [7, 11) is 0. The lowest BCUT2D eigenvalue weighted by molar-refractivity contribution is -0.115. The molecule has 1 fully saturated rings. The van der Waals surface area contributed by atoms with Gasteiger partial charge in [0.1, 0.15) is 5.82 Å². The topological polar surface area (TPSA) is 56.2 Å². The van der Waals surface area contributed by atoms with Crippen LogP contribution in [0.3, 0.4) is 0 Å². The summed E-state index contributed by atoms with van der Waals surface area (Å²) in [5, 5.41) is 2.97. The summed E-state index contributed by atoms with van der Waals surface area (Å²) < 4.78 is 21.8. The van der Waals surface area contributed by atoms with Crippen LogP contribution in [0.5, 0.6) is 0 Å². The molecule has 0 bridgehead atoms. The molecular formula is C23H24FN3O2S. The summed E-state index contributed by atoms with van der Waals surface area (Å²) in [4.78, 5) is 17.2. The summed E-state index contributed by atoms with van der Waals surface area (Å²) in [6.07, 6.45) is 4.06. The Kier molecular flexibility index (Phi) is 6.50. The average molecular weight is 426 g/mol. The Bertz CT molecular complexity index is 1000. The van der Waals surface area contributed by atoms with Crippen molar-refractivity contribution in [1.82, 2.24) is 9.55 Å². The number of anilines is 1. The summed E-state index contributed by atoms with van der Waals surface area (Å²) in [6.45, 7) is 3.27. The van der Waals surface area contributed by atoms with Crippen LogP contribution in [0.15, 0.2) is 66.0 Å². The van der Waals surface area contributed by atoms with Gasteiger partial charge < -0.3 is 14.6 Å². The Hall–Kier alpha value is -2.64. The van der Waals surface area contributed by atoms with E-state index in [1.54, 1.807) is 25.1 Å². The van der Waals surface area contributed by atoms with Gasteiger partial charge in [-0.15, -0.1) is 0 Å². The van der Waals surface area contributed by atoms with Crippen LogP contribution in [-0.2, 0) is 16.1 Å². The monoisotopic (exact) mass is 425 g/mol. The number of carbonyl (C=O) groups excluding carboxylic acids is 1. The second kappa shape index (κ2) is 9.45. The standard InChI is InChI=1S/C23H24FN3O2S/c1-16(22(28)26-20-12-6-5-11-19(20)24)30-23-25-14-21(17-8-3-2-4-9-17)27(23)15-18-10-7-13-29-18/h2-6,8-9,11-12,14,16,18H,7,10,13,15H2,1H3,(H,26,28). The number of benzene rings is 2. The molecule has 1 aliphatic heterocycles. The van der Waals surface area contributed by atoms with Crippen molar-refractivity contribution in [3.63, 3.8) is 0 Å². The minimum Gasteiger partial charge on any atom is -0.376 e. The summed E-state index contributed by atoms with van der Waals surface area (Å²) >= 11 is 1.36. The number of amides is 1. The lowest BCUT2D eigenvalue weighted by atomic mass is 10.1. The zero-order chi connectivity index (χ0) is 20.9. The minimum absolute atomic E-state index is 0.142. The van der Waals surface area contributed by atoms with Crippen LogP contribution < -0.4 is 5.32 Å². The van der Waals surface area contributed by atoms with E-state index >= 15 is 0 Å². The fraction of sp³-hybridized carbons (Fsp3) is 0.304. The highest BCUT2D eigenvalue weighted by molar-refractivity contribution is 8.00. The molecule has 0 aliphatic carbocycles. The largest absolute Gasteiger partial charge is 0.376 e. The molecule has 1 aliphatic rings. The molecule has 4 rings (SSSR count). The number of rotatable bonds is 7. The van der Waals surface area contributed by atoms with Crippen molar-refractivity contribution >= 4 is 23.4 Å². The maximum Gasteiger partial charge on any atom is 0.237 e. The van der Waals surface area contributed by atoms with Crippen molar-refractivity contribution in [2.75, 3.05) is 11.9 Å². The van der Waals surface area contributed by atoms with E-state index in [0.717, 1.165) is 35.9 Å². The van der Waals surface area contributed by atoms with Crippen molar-refractivity contribution in [3.8, 4) is 11.3 Å². The SMILES string of the molecule is CC(Sc1ncc(-c2ccccc2)n1CC1CCCO1)C(=O)Nc1ccccc1F. The number of ether oxygens (including phenoxy) is 1. The molecular weight excluding hydrogens is 401 g/mol. The summed E-state index contributed by atoms with van der Waals surface area (Å²) in [5.41, 5.74) is 2.25. The van der Waals surface area contributed by atoms with Crippen LogP contribution in [0.4, 0.5) is 10.1 Å². The molecule has 30 heavy (non-hydrogen) atoms. The highest BCUT2D eigenvalue weighted by Crippen LogP contribution is 2.30. The minimum atomic E-state index is -0.450. The average Bonchev–Trinajstić information content (AvgIpc) is 3.41. The van der Waals surface area contributed by atoms with Crippen LogP contribution >= 0.6 is 11.8 Å². The van der Waals surface area contributed by atoms with E-state index in [2.05, 4.69) is 14.9 Å². The molecule has 156 valence electrons. The quantitative estimate of drug-likeness (QED) is 0.542. The molecule has 3 aromatic rings. The van der Waals surface area contributed by atoms with E-state index in [1.165, 1.54) is 17.8 Å². The molecule has 2 unspecified atom stereocenters. The molecule has 2 heterocycles. The number of aromatic nitrogens is 2. The van der Waals surface area contributed by atoms with E-state index in [-0.39, 0.29) is 17.7 Å². The van der Waals surface area contributed by atoms with E-state index in [1.807, 2.05) is 36.5 Å². The molecule has 1 amide bonds. The normalized spacial score (nSPS) is 17.1. The number of hydrogen-bond acceptors (Lipinski definition) is 4. The van der Waals surface area contributed by atoms with Gasteiger partial charge in [0.2, 0.25) is 5.91 Å². The number of thioether (sulfide) groups is 1. The first-order chi connectivity index (χ1) is 14.6. The number of carbonyl (C=O) groups is 1. The van der Waals surface area contributed by atoms with Gasteiger partial charge in [-0.2, -0.15) is 0 Å². The van der Waals surface area contributed by atoms with E-state index in [0.29, 0.717) is 6.54 Å². The second-order valence-corrected chi connectivity index (χ2v) is 8.57. The van der Waals surface area contributed by atoms with Crippen LogP contribution in [0.1, 0.15) is 19.8 Å². The van der Waals surface area contributed by atoms with Crippen LogP contribution in [0, 0.1) is 5.82 Å². The molecule has 2 aromatic carbocycles. The molecule has 1 aromatic heterocycles. The Labute approximate surface area is 179 Å². The highest BCUT2D eigenvalue weighted by Gasteiger charge is 2.24. The van der Waals surface area contributed by atoms with Crippen LogP contribution in [0.25, 0.3) is 11.3 Å². The molecule has 0 radical (unpaired) electrons. The van der Waals surface area contributed by atoms with Gasteiger partial charge in [0.05, 0.1) is 35.5 Å². The maximum atomic E-state index is 13.9. The number of nitrogens with one attached hydrogen (secondary N) is 1. The Morgan fingerprint density at radius 1 is 1.27 bits per heavy atom. The zero-order valence-electron chi connectivity index (χ0n) is 16.8. The maximum absolute atomic E-state index is 13.9. The third-order valence-electron chi connectivity index (χ3n) is 5.08. The summed E-state index contributed by atoms with van der Waals surface area (Å²) in [5.74, 6) is -0.715. The van der Waals surface area contributed by atoms with Gasteiger partial charge in [0.25, 0.3) is 0 Å². The van der Waals surface area contributed by atoms with Gasteiger partial charge in [-0.05, 0) is 37.5 Å². The lowest BCUT2D eigenvalue weighted by Crippen LogP contribution is -2.24. The van der Waals surface area contributed by atoms with E-state index in [4.69, 9.17) is 4.74 Å². The predicted octanol–water partition coefficient (Wildman–Crippen LogP) is 4.99. The van der Waals surface area contributed by atoms with Gasteiger partial charge in [-0.25, -0.2) is 9.37 Å². The predicted molar refractivity (Wildman–Crippen MR) is 117 cm³/mol. The number of para-hydroxylation sites is 1. The number of hydrogen-bond donors (Lipinski definition) is 1. The van der Waals surface area contributed by atoms with Gasteiger partial charge in [0, 0.05) is 6.61 Å². The lowest BCUT2D eigenvalue weighted by Gasteiger charge is -2.18. The van der Waals surface area contributed by atoms with Crippen molar-refractivity contribution < 1.29 is 13.9 Å². The van der Waals surface area contributed by atoms with Gasteiger partial charge in [-0.1, -0.05) is 54.2 Å². The Balaban J connectivity index is 1.54. The number of halogens is 1. The first kappa shape index (κ1) is 20.6. The fourth-order valence-corrected chi connectivity index (χ4v) is 4.36. The zero-order valence-corrected chi connectivity index (χ0v) is 17.6. The van der Waals surface area contributed by atoms with Crippen molar-refractivity contribution in [1.29, 1.82) is 0 Å². The first-order valence-corrected chi connectivity index (χ1v) is 10.9. The molecule has 1 N–H and O–H groups in total. The van der Waals surface area contributed by atoms with Gasteiger partial charge in [0.15, 0.2) is 5.16 Å². The van der Waals surface area contributed by atoms with Crippen molar-refractivity contribution in [3.05, 3.63) is 66.6 Å². The van der Waals surface area contributed by atoms with E-state index in [9.17, 15) is 9.18 Å². The van der Waals surface area contributed by atoms with Crippen molar-refractivity contribution in [2.45, 2.75) is 42.8 Å². The molecule has 1 saturated heterocycles. The number of nitrogens with zero attached hydrogens (tertiary/aromatic N) is 2. The Morgan fingerprint density at radius 2 is 2.03 bits per heavy atom. The van der Waals surface area contributed by atoms with Crippen molar-refractivity contribution in [2.24, 2.45) is 0 Å². The molecule has 2 atom stereocenters. The Morgan fingerprint density at radius 3 is 2.77 bits per heavy atom. The van der Waals surface area contributed by atoms with Gasteiger partial charge >= 0.3 is 0 Å². The summed E-state index contributed by atoms with van der Waals surface area (Å²) in [6, 6.07) is 16.2. The molecule has 7 heteroatoms.